The number of halogens is 1. The normalized spacial score (nSPS) is 16.4. The van der Waals surface area contributed by atoms with Crippen LogP contribution in [0.4, 0.5) is 4.39 Å². The van der Waals surface area contributed by atoms with E-state index in [0.29, 0.717) is 12.3 Å². The zero-order valence-corrected chi connectivity index (χ0v) is 14.9. The van der Waals surface area contributed by atoms with Gasteiger partial charge >= 0.3 is 0 Å². The first-order valence-electron chi connectivity index (χ1n) is 8.52. The summed E-state index contributed by atoms with van der Waals surface area (Å²) < 4.78 is 29.2. The van der Waals surface area contributed by atoms with Crippen LogP contribution in [0.25, 0.3) is 0 Å². The molecule has 0 bridgehead atoms. The molecule has 0 aromatic heterocycles. The number of carbonyl (C=O) groups excluding carboxylic acids is 1. The fourth-order valence-corrected chi connectivity index (χ4v) is 3.25. The highest BCUT2D eigenvalue weighted by Gasteiger charge is 2.32. The van der Waals surface area contributed by atoms with E-state index in [-0.39, 0.29) is 24.4 Å². The summed E-state index contributed by atoms with van der Waals surface area (Å²) in [7, 11) is 3.23. The molecule has 1 atom stereocenters. The van der Waals surface area contributed by atoms with Crippen molar-refractivity contribution >= 4 is 5.91 Å². The molecule has 1 amide bonds. The van der Waals surface area contributed by atoms with Crippen LogP contribution in [0.15, 0.2) is 42.5 Å². The molecule has 26 heavy (non-hydrogen) atoms. The van der Waals surface area contributed by atoms with E-state index in [1.807, 2.05) is 18.2 Å². The minimum atomic E-state index is -0.339. The van der Waals surface area contributed by atoms with Gasteiger partial charge in [-0.2, -0.15) is 0 Å². The second-order valence-electron chi connectivity index (χ2n) is 6.10. The number of ether oxygens (including phenoxy) is 3. The fourth-order valence-electron chi connectivity index (χ4n) is 3.25. The van der Waals surface area contributed by atoms with E-state index in [0.717, 1.165) is 29.9 Å². The molecule has 0 spiro atoms. The highest BCUT2D eigenvalue weighted by Crippen LogP contribution is 2.38. The summed E-state index contributed by atoms with van der Waals surface area (Å²) in [6.45, 7) is 0.574. The molecule has 1 saturated heterocycles. The lowest BCUT2D eigenvalue weighted by atomic mass is 10.0. The number of rotatable bonds is 6. The molecule has 1 unspecified atom stereocenters. The van der Waals surface area contributed by atoms with Crippen LogP contribution in [-0.2, 0) is 4.79 Å². The summed E-state index contributed by atoms with van der Waals surface area (Å²) in [5.74, 6) is 1.47. The Morgan fingerprint density at radius 3 is 2.54 bits per heavy atom. The molecule has 2 aromatic carbocycles. The lowest BCUT2D eigenvalue weighted by Gasteiger charge is -2.26. The predicted molar refractivity (Wildman–Crippen MR) is 95.1 cm³/mol. The third kappa shape index (κ3) is 3.90. The van der Waals surface area contributed by atoms with Crippen LogP contribution in [0, 0.1) is 5.82 Å². The van der Waals surface area contributed by atoms with Crippen LogP contribution in [0.2, 0.25) is 0 Å². The molecule has 0 N–H and O–H groups in total. The van der Waals surface area contributed by atoms with E-state index in [4.69, 9.17) is 14.2 Å². The molecule has 138 valence electrons. The molecule has 0 saturated carbocycles. The number of likely N-dealkylation sites (tertiary alicyclic amines) is 1. The lowest BCUT2D eigenvalue weighted by Crippen LogP contribution is -2.34. The van der Waals surface area contributed by atoms with Crippen LogP contribution in [0.5, 0.6) is 17.2 Å². The van der Waals surface area contributed by atoms with Gasteiger partial charge in [0.2, 0.25) is 0 Å². The molecule has 0 radical (unpaired) electrons. The highest BCUT2D eigenvalue weighted by molar-refractivity contribution is 5.78. The number of hydrogen-bond acceptors (Lipinski definition) is 4. The predicted octanol–water partition coefficient (Wildman–Crippen LogP) is 3.59. The minimum Gasteiger partial charge on any atom is -0.497 e. The second-order valence-corrected chi connectivity index (χ2v) is 6.10. The Bertz CT molecular complexity index is 763. The van der Waals surface area contributed by atoms with Crippen molar-refractivity contribution in [1.82, 2.24) is 4.90 Å². The van der Waals surface area contributed by atoms with Gasteiger partial charge in [0, 0.05) is 12.1 Å². The number of hydrogen-bond donors (Lipinski definition) is 0. The van der Waals surface area contributed by atoms with Gasteiger partial charge in [-0.1, -0.05) is 0 Å². The standard InChI is InChI=1S/C20H22FNO4/c1-24-16-9-10-19(25-2)17(12-16)18-4-3-11-22(18)20(23)13-26-15-7-5-14(21)6-8-15/h5-10,12,18H,3-4,11,13H2,1-2H3. The van der Waals surface area contributed by atoms with Gasteiger partial charge in [0.15, 0.2) is 6.61 Å². The first-order chi connectivity index (χ1) is 12.6. The Labute approximate surface area is 152 Å². The van der Waals surface area contributed by atoms with Crippen LogP contribution in [0.1, 0.15) is 24.4 Å². The van der Waals surface area contributed by atoms with Gasteiger partial charge in [-0.15, -0.1) is 0 Å². The summed E-state index contributed by atoms with van der Waals surface area (Å²) in [4.78, 5) is 14.5. The summed E-state index contributed by atoms with van der Waals surface area (Å²) in [5, 5.41) is 0. The van der Waals surface area contributed by atoms with Crippen LogP contribution in [-0.4, -0.2) is 38.2 Å². The van der Waals surface area contributed by atoms with E-state index in [1.54, 1.807) is 19.1 Å². The molecule has 6 heteroatoms. The number of methoxy groups -OCH3 is 2. The Balaban J connectivity index is 1.73. The summed E-state index contributed by atoms with van der Waals surface area (Å²) >= 11 is 0. The molecule has 1 aliphatic rings. The molecule has 1 fully saturated rings. The van der Waals surface area contributed by atoms with E-state index in [9.17, 15) is 9.18 Å². The van der Waals surface area contributed by atoms with Crippen LogP contribution in [0.3, 0.4) is 0 Å². The molecule has 1 aliphatic heterocycles. The Kier molecular flexibility index (Phi) is 5.61. The van der Waals surface area contributed by atoms with Gasteiger partial charge in [0.05, 0.1) is 20.3 Å². The van der Waals surface area contributed by atoms with E-state index < -0.39 is 0 Å². The molecule has 5 nitrogen and oxygen atoms in total. The first-order valence-corrected chi connectivity index (χ1v) is 8.52. The third-order valence-electron chi connectivity index (χ3n) is 4.54. The fraction of sp³-hybridized carbons (Fsp3) is 0.350. The summed E-state index contributed by atoms with van der Waals surface area (Å²) in [6.07, 6.45) is 1.76. The number of benzene rings is 2. The number of carbonyl (C=O) groups is 1. The third-order valence-corrected chi connectivity index (χ3v) is 4.54. The molecule has 2 aromatic rings. The van der Waals surface area contributed by atoms with Crippen molar-refractivity contribution in [3.05, 3.63) is 53.8 Å². The molecule has 1 heterocycles. The maximum atomic E-state index is 13.0. The van der Waals surface area contributed by atoms with Crippen molar-refractivity contribution < 1.29 is 23.4 Å². The lowest BCUT2D eigenvalue weighted by molar-refractivity contribution is -0.134. The Morgan fingerprint density at radius 2 is 1.85 bits per heavy atom. The van der Waals surface area contributed by atoms with Crippen molar-refractivity contribution in [1.29, 1.82) is 0 Å². The van der Waals surface area contributed by atoms with Gasteiger partial charge in [0.25, 0.3) is 5.91 Å². The SMILES string of the molecule is COc1ccc(OC)c(C2CCCN2C(=O)COc2ccc(F)cc2)c1. The second kappa shape index (κ2) is 8.08. The van der Waals surface area contributed by atoms with Gasteiger partial charge in [-0.3, -0.25) is 4.79 Å². The largest absolute Gasteiger partial charge is 0.497 e. The smallest absolute Gasteiger partial charge is 0.261 e. The summed E-state index contributed by atoms with van der Waals surface area (Å²) in [6, 6.07) is 11.1. The van der Waals surface area contributed by atoms with Crippen LogP contribution >= 0.6 is 0 Å². The molecular formula is C20H22FNO4. The van der Waals surface area contributed by atoms with Gasteiger partial charge in [-0.25, -0.2) is 4.39 Å². The number of amides is 1. The van der Waals surface area contributed by atoms with Crippen molar-refractivity contribution in [3.63, 3.8) is 0 Å². The van der Waals surface area contributed by atoms with Crippen LogP contribution < -0.4 is 14.2 Å². The molecule has 0 aliphatic carbocycles. The highest BCUT2D eigenvalue weighted by atomic mass is 19.1. The average Bonchev–Trinajstić information content (AvgIpc) is 3.16. The van der Waals surface area contributed by atoms with Gasteiger partial charge in [0.1, 0.15) is 23.1 Å². The van der Waals surface area contributed by atoms with Crippen molar-refractivity contribution in [2.45, 2.75) is 18.9 Å². The van der Waals surface area contributed by atoms with E-state index >= 15 is 0 Å². The molecular weight excluding hydrogens is 337 g/mol. The minimum absolute atomic E-state index is 0.0793. The van der Waals surface area contributed by atoms with E-state index in [2.05, 4.69) is 0 Å². The Morgan fingerprint density at radius 1 is 1.12 bits per heavy atom. The number of nitrogens with zero attached hydrogens (tertiary/aromatic N) is 1. The quantitative estimate of drug-likeness (QED) is 0.791. The van der Waals surface area contributed by atoms with Crippen molar-refractivity contribution in [2.75, 3.05) is 27.4 Å². The van der Waals surface area contributed by atoms with E-state index in [1.165, 1.54) is 24.3 Å². The topological polar surface area (TPSA) is 48.0 Å². The van der Waals surface area contributed by atoms with Gasteiger partial charge in [-0.05, 0) is 55.3 Å². The zero-order chi connectivity index (χ0) is 18.5. The summed E-state index contributed by atoms with van der Waals surface area (Å²) in [5.41, 5.74) is 0.930. The molecule has 3 rings (SSSR count). The average molecular weight is 359 g/mol. The Hall–Kier alpha value is -2.76. The maximum absolute atomic E-state index is 13.0. The first kappa shape index (κ1) is 18.0. The van der Waals surface area contributed by atoms with Gasteiger partial charge < -0.3 is 19.1 Å². The monoisotopic (exact) mass is 359 g/mol. The van der Waals surface area contributed by atoms with Crippen molar-refractivity contribution in [3.8, 4) is 17.2 Å². The van der Waals surface area contributed by atoms with Crippen molar-refractivity contribution in [2.24, 2.45) is 0 Å². The maximum Gasteiger partial charge on any atom is 0.261 e. The zero-order valence-electron chi connectivity index (χ0n) is 14.9.